The van der Waals surface area contributed by atoms with Crippen molar-refractivity contribution in [2.75, 3.05) is 11.1 Å². The van der Waals surface area contributed by atoms with E-state index in [1.165, 1.54) is 11.0 Å². The Bertz CT molecular complexity index is 542. The maximum atomic E-state index is 11.8. The average molecular weight is 233 g/mol. The molecule has 0 atom stereocenters. The molecule has 0 saturated heterocycles. The molecular weight excluding hydrogens is 222 g/mol. The number of nitrogens with one attached hydrogen (secondary N) is 1. The number of aromatic nitrogens is 5. The summed E-state index contributed by atoms with van der Waals surface area (Å²) in [4.78, 5) is 23.4. The molecule has 0 saturated carbocycles. The molecule has 2 aromatic heterocycles. The fraction of sp³-hybridized carbons (Fsp3) is 0.222. The topological polar surface area (TPSA) is 112 Å². The zero-order chi connectivity index (χ0) is 12.4. The quantitative estimate of drug-likeness (QED) is 0.739. The lowest BCUT2D eigenvalue weighted by Crippen LogP contribution is -2.18. The molecule has 0 aliphatic rings. The number of nitrogens with two attached hydrogens (primary N) is 1. The van der Waals surface area contributed by atoms with Gasteiger partial charge in [-0.15, -0.1) is 0 Å². The van der Waals surface area contributed by atoms with Crippen LogP contribution in [0.2, 0.25) is 0 Å². The smallest absolute Gasteiger partial charge is 0.276 e. The van der Waals surface area contributed by atoms with Crippen molar-refractivity contribution < 1.29 is 4.79 Å². The molecule has 8 heteroatoms. The Morgan fingerprint density at radius 3 is 2.82 bits per heavy atom. The highest BCUT2D eigenvalue weighted by Gasteiger charge is 2.12. The second-order valence-electron chi connectivity index (χ2n) is 3.41. The van der Waals surface area contributed by atoms with E-state index in [9.17, 15) is 4.79 Å². The van der Waals surface area contributed by atoms with Crippen LogP contribution in [0.5, 0.6) is 0 Å². The Balaban J connectivity index is 2.23. The number of carbonyl (C=O) groups is 1. The summed E-state index contributed by atoms with van der Waals surface area (Å²) in [7, 11) is 1.67. The van der Waals surface area contributed by atoms with Crippen molar-refractivity contribution in [2.45, 2.75) is 6.92 Å². The Labute approximate surface area is 96.9 Å². The molecule has 0 aromatic carbocycles. The minimum atomic E-state index is -0.404. The fourth-order valence-electron chi connectivity index (χ4n) is 1.28. The molecule has 0 bridgehead atoms. The van der Waals surface area contributed by atoms with E-state index in [1.807, 2.05) is 0 Å². The SMILES string of the molecule is Cc1cc(C(=O)Nc2ncnn2C)nc(N)n1. The fourth-order valence-corrected chi connectivity index (χ4v) is 1.28. The van der Waals surface area contributed by atoms with Crippen LogP contribution < -0.4 is 11.1 Å². The van der Waals surface area contributed by atoms with Gasteiger partial charge in [-0.05, 0) is 13.0 Å². The second kappa shape index (κ2) is 4.16. The predicted molar refractivity (Wildman–Crippen MR) is 60.1 cm³/mol. The van der Waals surface area contributed by atoms with E-state index in [0.29, 0.717) is 11.6 Å². The number of hydrogen-bond acceptors (Lipinski definition) is 6. The molecule has 17 heavy (non-hydrogen) atoms. The van der Waals surface area contributed by atoms with Crippen molar-refractivity contribution in [3.05, 3.63) is 23.8 Å². The Kier molecular flexibility index (Phi) is 2.69. The van der Waals surface area contributed by atoms with E-state index in [1.54, 1.807) is 20.0 Å². The van der Waals surface area contributed by atoms with E-state index >= 15 is 0 Å². The standard InChI is InChI=1S/C9H11N7O/c1-5-3-6(14-8(10)13-5)7(17)15-9-11-4-12-16(9)2/h3-4H,1-2H3,(H2,10,13,14)(H,11,12,15,17). The number of rotatable bonds is 2. The molecule has 0 fully saturated rings. The number of nitrogens with zero attached hydrogens (tertiary/aromatic N) is 5. The minimum Gasteiger partial charge on any atom is -0.368 e. The van der Waals surface area contributed by atoms with Crippen LogP contribution in [0, 0.1) is 6.92 Å². The molecule has 88 valence electrons. The van der Waals surface area contributed by atoms with Gasteiger partial charge in [0, 0.05) is 12.7 Å². The summed E-state index contributed by atoms with van der Waals surface area (Å²) in [6.07, 6.45) is 1.34. The third-order valence-electron chi connectivity index (χ3n) is 2.04. The monoisotopic (exact) mass is 233 g/mol. The van der Waals surface area contributed by atoms with E-state index in [0.717, 1.165) is 0 Å². The summed E-state index contributed by atoms with van der Waals surface area (Å²) in [6.45, 7) is 1.73. The molecule has 0 aliphatic heterocycles. The Hall–Kier alpha value is -2.51. The number of nitrogen functional groups attached to an aromatic ring is 1. The molecule has 1 amide bonds. The molecule has 2 rings (SSSR count). The minimum absolute atomic E-state index is 0.0631. The van der Waals surface area contributed by atoms with Crippen LogP contribution in [0.15, 0.2) is 12.4 Å². The van der Waals surface area contributed by atoms with Crippen LogP contribution in [0.3, 0.4) is 0 Å². The lowest BCUT2D eigenvalue weighted by atomic mass is 10.3. The normalized spacial score (nSPS) is 10.2. The van der Waals surface area contributed by atoms with Crippen LogP contribution in [-0.2, 0) is 7.05 Å². The zero-order valence-corrected chi connectivity index (χ0v) is 9.38. The number of hydrogen-bond donors (Lipinski definition) is 2. The highest BCUT2D eigenvalue weighted by atomic mass is 16.2. The Morgan fingerprint density at radius 2 is 2.24 bits per heavy atom. The van der Waals surface area contributed by atoms with Gasteiger partial charge in [-0.25, -0.2) is 14.6 Å². The average Bonchev–Trinajstić information content (AvgIpc) is 2.63. The van der Waals surface area contributed by atoms with Crippen molar-refractivity contribution in [2.24, 2.45) is 7.05 Å². The van der Waals surface area contributed by atoms with Gasteiger partial charge < -0.3 is 5.73 Å². The largest absolute Gasteiger partial charge is 0.368 e. The van der Waals surface area contributed by atoms with Gasteiger partial charge in [-0.3, -0.25) is 10.1 Å². The van der Waals surface area contributed by atoms with Crippen molar-refractivity contribution >= 4 is 17.8 Å². The van der Waals surface area contributed by atoms with Crippen molar-refractivity contribution in [3.63, 3.8) is 0 Å². The molecule has 0 aliphatic carbocycles. The molecule has 0 spiro atoms. The summed E-state index contributed by atoms with van der Waals surface area (Å²) in [5.74, 6) is -0.00347. The van der Waals surface area contributed by atoms with Crippen LogP contribution >= 0.6 is 0 Å². The molecule has 3 N–H and O–H groups in total. The first-order chi connectivity index (χ1) is 8.06. The van der Waals surface area contributed by atoms with Gasteiger partial charge in [0.25, 0.3) is 5.91 Å². The first-order valence-electron chi connectivity index (χ1n) is 4.83. The first kappa shape index (κ1) is 11.0. The van der Waals surface area contributed by atoms with E-state index in [4.69, 9.17) is 5.73 Å². The molecule has 2 aromatic rings. The Morgan fingerprint density at radius 1 is 1.47 bits per heavy atom. The number of anilines is 2. The van der Waals surface area contributed by atoms with Crippen LogP contribution in [0.25, 0.3) is 0 Å². The van der Waals surface area contributed by atoms with Crippen LogP contribution in [0.4, 0.5) is 11.9 Å². The molecule has 0 unspecified atom stereocenters. The van der Waals surface area contributed by atoms with E-state index in [-0.39, 0.29) is 11.6 Å². The van der Waals surface area contributed by atoms with Gasteiger partial charge in [0.05, 0.1) is 0 Å². The zero-order valence-electron chi connectivity index (χ0n) is 9.38. The highest BCUT2D eigenvalue weighted by molar-refractivity contribution is 6.02. The lowest BCUT2D eigenvalue weighted by molar-refractivity contribution is 0.102. The lowest BCUT2D eigenvalue weighted by Gasteiger charge is -2.04. The number of aryl methyl sites for hydroxylation is 2. The first-order valence-corrected chi connectivity index (χ1v) is 4.83. The van der Waals surface area contributed by atoms with E-state index < -0.39 is 5.91 Å². The maximum absolute atomic E-state index is 11.8. The number of carbonyl (C=O) groups excluding carboxylic acids is 1. The van der Waals surface area contributed by atoms with Gasteiger partial charge >= 0.3 is 0 Å². The summed E-state index contributed by atoms with van der Waals surface area (Å²) >= 11 is 0. The molecule has 2 heterocycles. The highest BCUT2D eigenvalue weighted by Crippen LogP contribution is 2.05. The summed E-state index contributed by atoms with van der Waals surface area (Å²) in [6, 6.07) is 1.54. The van der Waals surface area contributed by atoms with E-state index in [2.05, 4.69) is 25.4 Å². The summed E-state index contributed by atoms with van der Waals surface area (Å²) in [5, 5.41) is 6.40. The number of amides is 1. The predicted octanol–water partition coefficient (Wildman–Crippen LogP) is -0.252. The molecular formula is C9H11N7O. The van der Waals surface area contributed by atoms with Gasteiger partial charge in [0.15, 0.2) is 0 Å². The molecule has 0 radical (unpaired) electrons. The van der Waals surface area contributed by atoms with Gasteiger partial charge in [-0.2, -0.15) is 10.1 Å². The van der Waals surface area contributed by atoms with Gasteiger partial charge in [0.1, 0.15) is 12.0 Å². The van der Waals surface area contributed by atoms with Crippen molar-refractivity contribution in [1.29, 1.82) is 0 Å². The van der Waals surface area contributed by atoms with Crippen LogP contribution in [-0.4, -0.2) is 30.6 Å². The maximum Gasteiger partial charge on any atom is 0.276 e. The molecule has 8 nitrogen and oxygen atoms in total. The van der Waals surface area contributed by atoms with Gasteiger partial charge in [-0.1, -0.05) is 0 Å². The summed E-state index contributed by atoms with van der Waals surface area (Å²) < 4.78 is 1.44. The van der Waals surface area contributed by atoms with Gasteiger partial charge in [0.2, 0.25) is 11.9 Å². The second-order valence-corrected chi connectivity index (χ2v) is 3.41. The third kappa shape index (κ3) is 2.36. The third-order valence-corrected chi connectivity index (χ3v) is 2.04. The van der Waals surface area contributed by atoms with Crippen molar-refractivity contribution in [1.82, 2.24) is 24.7 Å². The van der Waals surface area contributed by atoms with Crippen molar-refractivity contribution in [3.8, 4) is 0 Å². The summed E-state index contributed by atoms with van der Waals surface area (Å²) in [5.41, 5.74) is 6.28. The van der Waals surface area contributed by atoms with Crippen LogP contribution in [0.1, 0.15) is 16.2 Å².